The summed E-state index contributed by atoms with van der Waals surface area (Å²) in [6, 6.07) is 18.1. The first kappa shape index (κ1) is 20.8. The highest BCUT2D eigenvalue weighted by Gasteiger charge is 2.24. The van der Waals surface area contributed by atoms with Crippen LogP contribution in [0.25, 0.3) is 0 Å². The number of hydrogen-bond acceptors (Lipinski definition) is 5. The zero-order chi connectivity index (χ0) is 20.6. The molecule has 1 aliphatic rings. The fraction of sp³-hybridized carbons (Fsp3) is 0.364. The molecule has 0 spiro atoms. The Labute approximate surface area is 171 Å². The van der Waals surface area contributed by atoms with Gasteiger partial charge in [-0.2, -0.15) is 0 Å². The van der Waals surface area contributed by atoms with Crippen LogP contribution < -0.4 is 16.0 Å². The third kappa shape index (κ3) is 5.79. The second kappa shape index (κ2) is 10.0. The number of nitrogens with zero attached hydrogens (tertiary/aromatic N) is 2. The molecule has 0 aliphatic carbocycles. The van der Waals surface area contributed by atoms with Crippen LogP contribution in [-0.4, -0.2) is 47.8 Å². The summed E-state index contributed by atoms with van der Waals surface area (Å²) in [7, 11) is 0. The summed E-state index contributed by atoms with van der Waals surface area (Å²) in [6.07, 6.45) is 0.324. The number of carbonyl (C=O) groups excluding carboxylic acids is 2. The standard InChI is InChI=1S/C22H28N4O3/c1-17(18-7-9-20(10-8-18)29-19-5-3-2-4-6-19)25-13-15-26(16-14-25)22(28)12-11-21(27)24-23/h2-10,17H,11-16,23H2,1H3,(H,24,27). The van der Waals surface area contributed by atoms with E-state index in [0.29, 0.717) is 13.1 Å². The molecule has 2 aromatic rings. The van der Waals surface area contributed by atoms with Crippen molar-refractivity contribution in [2.24, 2.45) is 5.84 Å². The highest BCUT2D eigenvalue weighted by atomic mass is 16.5. The van der Waals surface area contributed by atoms with Crippen molar-refractivity contribution in [3.63, 3.8) is 0 Å². The molecule has 1 saturated heterocycles. The maximum atomic E-state index is 12.2. The number of hydrazine groups is 1. The van der Waals surface area contributed by atoms with Crippen molar-refractivity contribution in [3.8, 4) is 11.5 Å². The molecule has 7 heteroatoms. The Morgan fingerprint density at radius 2 is 1.59 bits per heavy atom. The minimum absolute atomic E-state index is 0.00307. The fourth-order valence-corrected chi connectivity index (χ4v) is 3.46. The zero-order valence-corrected chi connectivity index (χ0v) is 16.7. The normalized spacial score (nSPS) is 15.6. The number of rotatable bonds is 7. The largest absolute Gasteiger partial charge is 0.457 e. The van der Waals surface area contributed by atoms with Gasteiger partial charge in [-0.15, -0.1) is 0 Å². The van der Waals surface area contributed by atoms with Gasteiger partial charge < -0.3 is 9.64 Å². The Morgan fingerprint density at radius 3 is 2.21 bits per heavy atom. The van der Waals surface area contributed by atoms with E-state index in [2.05, 4.69) is 29.4 Å². The lowest BCUT2D eigenvalue weighted by Crippen LogP contribution is -2.49. The van der Waals surface area contributed by atoms with E-state index in [0.717, 1.165) is 24.6 Å². The van der Waals surface area contributed by atoms with Crippen LogP contribution in [-0.2, 0) is 9.59 Å². The number of amides is 2. The van der Waals surface area contributed by atoms with Crippen LogP contribution in [0.2, 0.25) is 0 Å². The Kier molecular flexibility index (Phi) is 7.21. The van der Waals surface area contributed by atoms with E-state index < -0.39 is 0 Å². The number of hydrogen-bond donors (Lipinski definition) is 2. The lowest BCUT2D eigenvalue weighted by Gasteiger charge is -2.38. The van der Waals surface area contributed by atoms with Crippen LogP contribution in [0.5, 0.6) is 11.5 Å². The number of benzene rings is 2. The van der Waals surface area contributed by atoms with Crippen molar-refractivity contribution in [1.29, 1.82) is 0 Å². The topological polar surface area (TPSA) is 87.9 Å². The Morgan fingerprint density at radius 1 is 0.966 bits per heavy atom. The van der Waals surface area contributed by atoms with Gasteiger partial charge in [-0.3, -0.25) is 19.9 Å². The van der Waals surface area contributed by atoms with Crippen LogP contribution in [0, 0.1) is 0 Å². The van der Waals surface area contributed by atoms with Gasteiger partial charge in [-0.1, -0.05) is 30.3 Å². The van der Waals surface area contributed by atoms with Crippen molar-refractivity contribution in [2.75, 3.05) is 26.2 Å². The average Bonchev–Trinajstić information content (AvgIpc) is 2.78. The lowest BCUT2D eigenvalue weighted by atomic mass is 10.1. The molecule has 3 rings (SSSR count). The van der Waals surface area contributed by atoms with Gasteiger partial charge in [0.2, 0.25) is 11.8 Å². The number of nitrogens with two attached hydrogens (primary N) is 1. The molecule has 2 aromatic carbocycles. The van der Waals surface area contributed by atoms with E-state index in [9.17, 15) is 9.59 Å². The molecule has 29 heavy (non-hydrogen) atoms. The van der Waals surface area contributed by atoms with Crippen molar-refractivity contribution in [1.82, 2.24) is 15.2 Å². The van der Waals surface area contributed by atoms with Crippen molar-refractivity contribution >= 4 is 11.8 Å². The number of carbonyl (C=O) groups is 2. The van der Waals surface area contributed by atoms with Gasteiger partial charge in [0.15, 0.2) is 0 Å². The molecular formula is C22H28N4O3. The highest BCUT2D eigenvalue weighted by molar-refractivity contribution is 5.83. The van der Waals surface area contributed by atoms with Crippen molar-refractivity contribution in [2.45, 2.75) is 25.8 Å². The lowest BCUT2D eigenvalue weighted by molar-refractivity contribution is -0.135. The molecule has 0 saturated carbocycles. The summed E-state index contributed by atoms with van der Waals surface area (Å²) in [4.78, 5) is 27.6. The summed E-state index contributed by atoms with van der Waals surface area (Å²) in [5, 5.41) is 0. The molecule has 1 heterocycles. The fourth-order valence-electron chi connectivity index (χ4n) is 3.46. The Hall–Kier alpha value is -2.90. The van der Waals surface area contributed by atoms with Crippen molar-refractivity contribution in [3.05, 3.63) is 60.2 Å². The predicted octanol–water partition coefficient (Wildman–Crippen LogP) is 2.45. The molecule has 0 aromatic heterocycles. The minimum atomic E-state index is -0.315. The van der Waals surface area contributed by atoms with E-state index in [4.69, 9.17) is 10.6 Å². The molecule has 7 nitrogen and oxygen atoms in total. The first-order chi connectivity index (χ1) is 14.1. The van der Waals surface area contributed by atoms with E-state index in [-0.39, 0.29) is 30.7 Å². The number of ether oxygens (including phenoxy) is 1. The summed E-state index contributed by atoms with van der Waals surface area (Å²) in [5.41, 5.74) is 3.27. The molecule has 1 aliphatic heterocycles. The third-order valence-electron chi connectivity index (χ3n) is 5.28. The molecule has 0 radical (unpaired) electrons. The molecule has 0 bridgehead atoms. The SMILES string of the molecule is CC(c1ccc(Oc2ccccc2)cc1)N1CCN(C(=O)CCC(=O)NN)CC1. The van der Waals surface area contributed by atoms with Crippen LogP contribution in [0.3, 0.4) is 0 Å². The monoisotopic (exact) mass is 396 g/mol. The van der Waals surface area contributed by atoms with E-state index >= 15 is 0 Å². The van der Waals surface area contributed by atoms with Gasteiger partial charge in [-0.05, 0) is 36.8 Å². The van der Waals surface area contributed by atoms with Gasteiger partial charge in [0, 0.05) is 45.1 Å². The predicted molar refractivity (Wildman–Crippen MR) is 111 cm³/mol. The molecule has 1 fully saturated rings. The Balaban J connectivity index is 1.49. The summed E-state index contributed by atoms with van der Waals surface area (Å²) < 4.78 is 5.85. The molecule has 154 valence electrons. The van der Waals surface area contributed by atoms with E-state index in [1.54, 1.807) is 0 Å². The quantitative estimate of drug-likeness (QED) is 0.426. The highest BCUT2D eigenvalue weighted by Crippen LogP contribution is 2.26. The van der Waals surface area contributed by atoms with Gasteiger partial charge in [0.25, 0.3) is 0 Å². The van der Waals surface area contributed by atoms with Gasteiger partial charge >= 0.3 is 0 Å². The first-order valence-corrected chi connectivity index (χ1v) is 9.91. The molecular weight excluding hydrogens is 368 g/mol. The minimum Gasteiger partial charge on any atom is -0.457 e. The van der Waals surface area contributed by atoms with Crippen LogP contribution in [0.4, 0.5) is 0 Å². The van der Waals surface area contributed by atoms with Gasteiger partial charge in [0.05, 0.1) is 0 Å². The zero-order valence-electron chi connectivity index (χ0n) is 16.7. The molecule has 2 amide bonds. The second-order valence-corrected chi connectivity index (χ2v) is 7.14. The summed E-state index contributed by atoms with van der Waals surface area (Å²) in [5.74, 6) is 6.37. The molecule has 1 atom stereocenters. The number of nitrogens with one attached hydrogen (secondary N) is 1. The van der Waals surface area contributed by atoms with E-state index in [1.807, 2.05) is 47.4 Å². The molecule has 3 N–H and O–H groups in total. The third-order valence-corrected chi connectivity index (χ3v) is 5.28. The van der Waals surface area contributed by atoms with E-state index in [1.165, 1.54) is 5.56 Å². The maximum absolute atomic E-state index is 12.2. The summed E-state index contributed by atoms with van der Waals surface area (Å²) in [6.45, 7) is 5.12. The van der Waals surface area contributed by atoms with Gasteiger partial charge in [0.1, 0.15) is 11.5 Å². The van der Waals surface area contributed by atoms with Crippen LogP contribution >= 0.6 is 0 Å². The smallest absolute Gasteiger partial charge is 0.234 e. The number of para-hydroxylation sites is 1. The maximum Gasteiger partial charge on any atom is 0.234 e. The average molecular weight is 396 g/mol. The van der Waals surface area contributed by atoms with Crippen molar-refractivity contribution < 1.29 is 14.3 Å². The first-order valence-electron chi connectivity index (χ1n) is 9.91. The second-order valence-electron chi connectivity index (χ2n) is 7.14. The Bertz CT molecular complexity index is 803. The summed E-state index contributed by atoms with van der Waals surface area (Å²) >= 11 is 0. The van der Waals surface area contributed by atoms with Crippen LogP contribution in [0.1, 0.15) is 31.4 Å². The molecule has 1 unspecified atom stereocenters. The number of piperazine rings is 1. The van der Waals surface area contributed by atoms with Gasteiger partial charge in [-0.25, -0.2) is 5.84 Å². The van der Waals surface area contributed by atoms with Crippen LogP contribution in [0.15, 0.2) is 54.6 Å².